The Balaban J connectivity index is 1.33. The SMILES string of the molecule is C=C/C=C\C(=C/C)c1nc(-c2ccccc2)nc(-c2ccc(-n3c4cc5ccccc5cc4c4cc5ccccc5cc43)c(-c3ccccc3)c2)n1. The largest absolute Gasteiger partial charge is 0.309 e. The third-order valence-electron chi connectivity index (χ3n) is 9.73. The van der Waals surface area contributed by atoms with E-state index in [0.29, 0.717) is 17.5 Å². The zero-order chi connectivity index (χ0) is 35.0. The number of rotatable bonds is 7. The van der Waals surface area contributed by atoms with Crippen LogP contribution in [0.25, 0.3) is 88.5 Å². The lowest BCUT2D eigenvalue weighted by molar-refractivity contribution is 1.04. The summed E-state index contributed by atoms with van der Waals surface area (Å²) >= 11 is 0. The number of hydrogen-bond acceptors (Lipinski definition) is 3. The molecule has 0 unspecified atom stereocenters. The number of hydrogen-bond donors (Lipinski definition) is 0. The van der Waals surface area contributed by atoms with Crippen LogP contribution >= 0.6 is 0 Å². The van der Waals surface area contributed by atoms with Crippen LogP contribution in [0.4, 0.5) is 0 Å². The first-order chi connectivity index (χ1) is 25.7. The van der Waals surface area contributed by atoms with Crippen molar-refractivity contribution in [1.82, 2.24) is 19.5 Å². The molecule has 0 N–H and O–H groups in total. The molecule has 4 nitrogen and oxygen atoms in total. The van der Waals surface area contributed by atoms with Crippen LogP contribution in [-0.2, 0) is 0 Å². The highest BCUT2D eigenvalue weighted by Gasteiger charge is 2.20. The quantitative estimate of drug-likeness (QED) is 0.159. The number of fused-ring (bicyclic) bond motifs is 5. The van der Waals surface area contributed by atoms with Gasteiger partial charge in [0.1, 0.15) is 0 Å². The van der Waals surface area contributed by atoms with Gasteiger partial charge < -0.3 is 4.57 Å². The molecule has 0 spiro atoms. The van der Waals surface area contributed by atoms with E-state index >= 15 is 0 Å². The number of nitrogens with zero attached hydrogens (tertiary/aromatic N) is 4. The van der Waals surface area contributed by atoms with Crippen molar-refractivity contribution in [3.05, 3.63) is 188 Å². The normalized spacial score (nSPS) is 12.1. The third-order valence-corrected chi connectivity index (χ3v) is 9.73. The fraction of sp³-hybridized carbons (Fsp3) is 0.0208. The van der Waals surface area contributed by atoms with E-state index in [-0.39, 0.29) is 0 Å². The van der Waals surface area contributed by atoms with E-state index in [1.54, 1.807) is 6.08 Å². The van der Waals surface area contributed by atoms with Crippen molar-refractivity contribution in [2.24, 2.45) is 0 Å². The van der Waals surface area contributed by atoms with Crippen molar-refractivity contribution in [1.29, 1.82) is 0 Å². The van der Waals surface area contributed by atoms with Gasteiger partial charge in [-0.2, -0.15) is 0 Å². The molecule has 0 amide bonds. The maximum absolute atomic E-state index is 5.07. The Morgan fingerprint density at radius 2 is 1.06 bits per heavy atom. The molecule has 4 heteroatoms. The van der Waals surface area contributed by atoms with Gasteiger partial charge in [-0.3, -0.25) is 0 Å². The second-order valence-corrected chi connectivity index (χ2v) is 12.9. The third kappa shape index (κ3) is 5.47. The van der Waals surface area contributed by atoms with Crippen molar-refractivity contribution >= 4 is 48.9 Å². The highest BCUT2D eigenvalue weighted by molar-refractivity contribution is 6.17. The van der Waals surface area contributed by atoms with Crippen LogP contribution in [0.1, 0.15) is 12.7 Å². The Kier molecular flexibility index (Phi) is 7.83. The molecule has 9 rings (SSSR count). The van der Waals surface area contributed by atoms with Gasteiger partial charge in [0.05, 0.1) is 16.7 Å². The van der Waals surface area contributed by atoms with E-state index in [1.165, 1.54) is 32.3 Å². The molecule has 0 radical (unpaired) electrons. The molecule has 0 atom stereocenters. The van der Waals surface area contributed by atoms with E-state index in [4.69, 9.17) is 15.0 Å². The first kappa shape index (κ1) is 31.1. The molecule has 2 aromatic heterocycles. The van der Waals surface area contributed by atoms with Gasteiger partial charge in [0, 0.05) is 33.0 Å². The summed E-state index contributed by atoms with van der Waals surface area (Å²) in [7, 11) is 0. The van der Waals surface area contributed by atoms with Crippen LogP contribution in [0, 0.1) is 0 Å². The summed E-state index contributed by atoms with van der Waals surface area (Å²) in [4.78, 5) is 15.1. The summed E-state index contributed by atoms with van der Waals surface area (Å²) in [6, 6.07) is 53.8. The Labute approximate surface area is 302 Å². The summed E-state index contributed by atoms with van der Waals surface area (Å²) in [6.45, 7) is 5.85. The molecule has 0 saturated heterocycles. The van der Waals surface area contributed by atoms with Crippen molar-refractivity contribution < 1.29 is 0 Å². The minimum absolute atomic E-state index is 0.607. The van der Waals surface area contributed by atoms with Gasteiger partial charge >= 0.3 is 0 Å². The van der Waals surface area contributed by atoms with Gasteiger partial charge in [-0.25, -0.2) is 15.0 Å². The van der Waals surface area contributed by atoms with Gasteiger partial charge in [0.15, 0.2) is 17.5 Å². The summed E-state index contributed by atoms with van der Waals surface area (Å²) < 4.78 is 2.43. The summed E-state index contributed by atoms with van der Waals surface area (Å²) in [6.07, 6.45) is 7.66. The first-order valence-corrected chi connectivity index (χ1v) is 17.5. The maximum atomic E-state index is 5.07. The van der Waals surface area contributed by atoms with Gasteiger partial charge in [0.2, 0.25) is 0 Å². The predicted octanol–water partition coefficient (Wildman–Crippen LogP) is 12.4. The Hall–Kier alpha value is -6.91. The zero-order valence-corrected chi connectivity index (χ0v) is 28.7. The van der Waals surface area contributed by atoms with Crippen molar-refractivity contribution in [2.75, 3.05) is 0 Å². The summed E-state index contributed by atoms with van der Waals surface area (Å²) in [5.74, 6) is 1.84. The van der Waals surface area contributed by atoms with E-state index in [0.717, 1.165) is 44.5 Å². The molecule has 0 aliphatic rings. The number of allylic oxidation sites excluding steroid dienone is 5. The molecular weight excluding hydrogens is 633 g/mol. The lowest BCUT2D eigenvalue weighted by atomic mass is 9.99. The monoisotopic (exact) mass is 666 g/mol. The molecule has 9 aromatic rings. The summed E-state index contributed by atoms with van der Waals surface area (Å²) in [5.41, 5.74) is 8.33. The van der Waals surface area contributed by atoms with E-state index < -0.39 is 0 Å². The fourth-order valence-electron chi connectivity index (χ4n) is 7.19. The number of aromatic nitrogens is 4. The van der Waals surface area contributed by atoms with Crippen LogP contribution in [0.3, 0.4) is 0 Å². The highest BCUT2D eigenvalue weighted by atomic mass is 15.0. The minimum atomic E-state index is 0.607. The molecule has 0 fully saturated rings. The zero-order valence-electron chi connectivity index (χ0n) is 28.7. The molecule has 52 heavy (non-hydrogen) atoms. The van der Waals surface area contributed by atoms with E-state index in [1.807, 2.05) is 55.5 Å². The second kappa shape index (κ2) is 13.1. The predicted molar refractivity (Wildman–Crippen MR) is 218 cm³/mol. The molecule has 246 valence electrons. The van der Waals surface area contributed by atoms with Crippen LogP contribution < -0.4 is 0 Å². The minimum Gasteiger partial charge on any atom is -0.309 e. The molecule has 0 bridgehead atoms. The average molecular weight is 667 g/mol. The van der Waals surface area contributed by atoms with Crippen LogP contribution in [0.2, 0.25) is 0 Å². The summed E-state index contributed by atoms with van der Waals surface area (Å²) in [5, 5.41) is 7.32. The van der Waals surface area contributed by atoms with Crippen LogP contribution in [0.15, 0.2) is 183 Å². The molecule has 7 aromatic carbocycles. The van der Waals surface area contributed by atoms with Crippen molar-refractivity contribution in [3.8, 4) is 39.6 Å². The second-order valence-electron chi connectivity index (χ2n) is 12.9. The Morgan fingerprint density at radius 3 is 1.62 bits per heavy atom. The van der Waals surface area contributed by atoms with Gasteiger partial charge in [-0.1, -0.05) is 140 Å². The van der Waals surface area contributed by atoms with Gasteiger partial charge in [-0.05, 0) is 76.5 Å². The van der Waals surface area contributed by atoms with Crippen LogP contribution in [0.5, 0.6) is 0 Å². The molecule has 0 saturated carbocycles. The lowest BCUT2D eigenvalue weighted by Crippen LogP contribution is -2.03. The van der Waals surface area contributed by atoms with E-state index in [9.17, 15) is 0 Å². The molecular formula is C48H34N4. The van der Waals surface area contributed by atoms with Crippen molar-refractivity contribution in [2.45, 2.75) is 6.92 Å². The first-order valence-electron chi connectivity index (χ1n) is 17.5. The molecule has 0 aliphatic carbocycles. The molecule has 0 aliphatic heterocycles. The Morgan fingerprint density at radius 1 is 0.538 bits per heavy atom. The van der Waals surface area contributed by atoms with Gasteiger partial charge in [-0.15, -0.1) is 0 Å². The van der Waals surface area contributed by atoms with Crippen LogP contribution in [-0.4, -0.2) is 19.5 Å². The maximum Gasteiger partial charge on any atom is 0.164 e. The molecule has 2 heterocycles. The standard InChI is InChI=1S/C48H34N4/c1-3-5-16-32(4-2)46-49-47(34-19-10-7-11-20-34)51-48(50-46)39-25-26-43(40(29-39)33-17-8-6-9-18-33)52-44-30-37-23-14-12-21-35(37)27-41(44)42-28-36-22-13-15-24-38(36)31-45(42)52/h3-31H,1H2,2H3/b16-5-,32-4+. The van der Waals surface area contributed by atoms with Gasteiger partial charge in [0.25, 0.3) is 0 Å². The lowest BCUT2D eigenvalue weighted by Gasteiger charge is -2.16. The number of benzene rings is 7. The smallest absolute Gasteiger partial charge is 0.164 e. The van der Waals surface area contributed by atoms with E-state index in [2.05, 4.69) is 132 Å². The Bertz CT molecular complexity index is 2770. The highest BCUT2D eigenvalue weighted by Crippen LogP contribution is 2.40. The topological polar surface area (TPSA) is 43.6 Å². The fourth-order valence-corrected chi connectivity index (χ4v) is 7.19. The van der Waals surface area contributed by atoms with Crippen molar-refractivity contribution in [3.63, 3.8) is 0 Å². The average Bonchev–Trinajstić information content (AvgIpc) is 3.51.